The number of benzene rings is 2. The molecule has 0 atom stereocenters. The topological polar surface area (TPSA) is 66.5 Å². The van der Waals surface area contributed by atoms with E-state index >= 15 is 0 Å². The lowest BCUT2D eigenvalue weighted by Gasteiger charge is -2.12. The molecule has 0 aliphatic carbocycles. The number of furan rings is 1. The molecule has 0 amide bonds. The first-order valence-electron chi connectivity index (χ1n) is 9.75. The highest BCUT2D eigenvalue weighted by atomic mass is 32.2. The minimum atomic E-state index is -0.0769. The number of rotatable bonds is 9. The molecule has 30 heavy (non-hydrogen) atoms. The molecule has 0 aliphatic rings. The highest BCUT2D eigenvalue weighted by Crippen LogP contribution is 2.21. The van der Waals surface area contributed by atoms with Crippen LogP contribution in [0, 0.1) is 0 Å². The summed E-state index contributed by atoms with van der Waals surface area (Å²) in [5.74, 6) is 2.96. The molecule has 0 saturated heterocycles. The van der Waals surface area contributed by atoms with E-state index in [1.807, 2.05) is 61.5 Å². The molecule has 0 bridgehead atoms. The number of hydrogen-bond acceptors (Lipinski definition) is 6. The molecule has 4 aromatic rings. The standard InChI is InChI=1S/C23H22N2O4S/c1-2-27-17-9-11-18(12-10-17)29-14-15-30-23-24-21-8-4-3-7-20(21)22(26)25(23)16-19-6-5-13-28-19/h3-13H,2,14-16H2,1H3. The highest BCUT2D eigenvalue weighted by molar-refractivity contribution is 7.99. The van der Waals surface area contributed by atoms with E-state index in [1.54, 1.807) is 16.9 Å². The van der Waals surface area contributed by atoms with Gasteiger partial charge in [-0.1, -0.05) is 23.9 Å². The first-order chi connectivity index (χ1) is 14.7. The van der Waals surface area contributed by atoms with Crippen LogP contribution in [0.3, 0.4) is 0 Å². The van der Waals surface area contributed by atoms with Gasteiger partial charge in [0.05, 0.1) is 36.9 Å². The van der Waals surface area contributed by atoms with Crippen molar-refractivity contribution < 1.29 is 13.9 Å². The van der Waals surface area contributed by atoms with Crippen LogP contribution < -0.4 is 15.0 Å². The second-order valence-electron chi connectivity index (χ2n) is 6.48. The van der Waals surface area contributed by atoms with Gasteiger partial charge in [0.1, 0.15) is 17.3 Å². The fraction of sp³-hybridized carbons (Fsp3) is 0.217. The van der Waals surface area contributed by atoms with Gasteiger partial charge in [0.25, 0.3) is 5.56 Å². The van der Waals surface area contributed by atoms with E-state index in [4.69, 9.17) is 18.9 Å². The van der Waals surface area contributed by atoms with Crippen molar-refractivity contribution in [3.05, 3.63) is 83.0 Å². The average molecular weight is 423 g/mol. The summed E-state index contributed by atoms with van der Waals surface area (Å²) in [6.07, 6.45) is 1.60. The van der Waals surface area contributed by atoms with Crippen LogP contribution in [0.4, 0.5) is 0 Å². The Hall–Kier alpha value is -3.19. The molecule has 2 heterocycles. The van der Waals surface area contributed by atoms with Crippen LogP contribution in [0.5, 0.6) is 11.5 Å². The van der Waals surface area contributed by atoms with Crippen molar-refractivity contribution in [1.82, 2.24) is 9.55 Å². The summed E-state index contributed by atoms with van der Waals surface area (Å²) in [7, 11) is 0. The predicted molar refractivity (Wildman–Crippen MR) is 118 cm³/mol. The van der Waals surface area contributed by atoms with E-state index in [9.17, 15) is 4.79 Å². The largest absolute Gasteiger partial charge is 0.494 e. The zero-order valence-electron chi connectivity index (χ0n) is 16.6. The summed E-state index contributed by atoms with van der Waals surface area (Å²) in [4.78, 5) is 17.7. The maximum absolute atomic E-state index is 13.0. The number of fused-ring (bicyclic) bond motifs is 1. The van der Waals surface area contributed by atoms with Gasteiger partial charge in [0.15, 0.2) is 5.16 Å². The molecule has 0 fully saturated rings. The van der Waals surface area contributed by atoms with E-state index < -0.39 is 0 Å². The van der Waals surface area contributed by atoms with E-state index in [-0.39, 0.29) is 5.56 Å². The molecule has 6 nitrogen and oxygen atoms in total. The minimum Gasteiger partial charge on any atom is -0.494 e. The number of nitrogens with zero attached hydrogens (tertiary/aromatic N) is 2. The number of ether oxygens (including phenoxy) is 2. The van der Waals surface area contributed by atoms with Gasteiger partial charge >= 0.3 is 0 Å². The fourth-order valence-electron chi connectivity index (χ4n) is 3.05. The Morgan fingerprint density at radius 1 is 1.00 bits per heavy atom. The molecule has 0 aliphatic heterocycles. The van der Waals surface area contributed by atoms with E-state index in [1.165, 1.54) is 11.8 Å². The summed E-state index contributed by atoms with van der Waals surface area (Å²) in [6.45, 7) is 3.41. The maximum Gasteiger partial charge on any atom is 0.262 e. The quantitative estimate of drug-likeness (QED) is 0.223. The van der Waals surface area contributed by atoms with Gasteiger partial charge in [-0.2, -0.15) is 0 Å². The van der Waals surface area contributed by atoms with Gasteiger partial charge in [-0.3, -0.25) is 9.36 Å². The maximum atomic E-state index is 13.0. The second kappa shape index (κ2) is 9.54. The first kappa shape index (κ1) is 20.1. The third-order valence-corrected chi connectivity index (χ3v) is 5.38. The number of para-hydroxylation sites is 1. The molecule has 7 heteroatoms. The molecule has 0 unspecified atom stereocenters. The van der Waals surface area contributed by atoms with E-state index in [0.717, 1.165) is 11.5 Å². The summed E-state index contributed by atoms with van der Waals surface area (Å²) in [6, 6.07) is 18.6. The van der Waals surface area contributed by atoms with Crippen molar-refractivity contribution in [2.75, 3.05) is 19.0 Å². The second-order valence-corrected chi connectivity index (χ2v) is 7.55. The monoisotopic (exact) mass is 422 g/mol. The SMILES string of the molecule is CCOc1ccc(OCCSc2nc3ccccc3c(=O)n2Cc2ccco2)cc1. The Balaban J connectivity index is 1.47. The predicted octanol–water partition coefficient (Wildman–Crippen LogP) is 4.61. The summed E-state index contributed by atoms with van der Waals surface area (Å²) in [5.41, 5.74) is 0.611. The molecule has 0 radical (unpaired) electrons. The highest BCUT2D eigenvalue weighted by Gasteiger charge is 2.13. The number of thioether (sulfide) groups is 1. The minimum absolute atomic E-state index is 0.0769. The lowest BCUT2D eigenvalue weighted by atomic mass is 10.2. The van der Waals surface area contributed by atoms with Gasteiger partial charge in [0.2, 0.25) is 0 Å². The van der Waals surface area contributed by atoms with Crippen molar-refractivity contribution in [1.29, 1.82) is 0 Å². The van der Waals surface area contributed by atoms with Crippen molar-refractivity contribution in [2.24, 2.45) is 0 Å². The molecular formula is C23H22N2O4S. The zero-order valence-corrected chi connectivity index (χ0v) is 17.4. The Morgan fingerprint density at radius 3 is 2.50 bits per heavy atom. The molecule has 2 aromatic carbocycles. The summed E-state index contributed by atoms with van der Waals surface area (Å²) >= 11 is 1.49. The molecule has 2 aromatic heterocycles. The number of aromatic nitrogens is 2. The van der Waals surface area contributed by atoms with Crippen LogP contribution in [0.2, 0.25) is 0 Å². The lowest BCUT2D eigenvalue weighted by Crippen LogP contribution is -2.24. The Kier molecular flexibility index (Phi) is 6.39. The van der Waals surface area contributed by atoms with Gasteiger partial charge in [0, 0.05) is 5.75 Å². The van der Waals surface area contributed by atoms with Gasteiger partial charge in [-0.25, -0.2) is 4.98 Å². The van der Waals surface area contributed by atoms with Crippen LogP contribution in [0.15, 0.2) is 81.3 Å². The van der Waals surface area contributed by atoms with Gasteiger partial charge in [-0.15, -0.1) is 0 Å². The van der Waals surface area contributed by atoms with Gasteiger partial charge < -0.3 is 13.9 Å². The Morgan fingerprint density at radius 2 is 1.77 bits per heavy atom. The fourth-order valence-corrected chi connectivity index (χ4v) is 3.86. The van der Waals surface area contributed by atoms with E-state index in [2.05, 4.69) is 0 Å². The molecule has 0 N–H and O–H groups in total. The van der Waals surface area contributed by atoms with Crippen LogP contribution in [-0.2, 0) is 6.54 Å². The van der Waals surface area contributed by atoms with Crippen molar-refractivity contribution in [2.45, 2.75) is 18.6 Å². The molecular weight excluding hydrogens is 400 g/mol. The third-order valence-electron chi connectivity index (χ3n) is 4.44. The average Bonchev–Trinajstić information content (AvgIpc) is 3.28. The van der Waals surface area contributed by atoms with Crippen LogP contribution in [0.1, 0.15) is 12.7 Å². The zero-order chi connectivity index (χ0) is 20.8. The van der Waals surface area contributed by atoms with Crippen molar-refractivity contribution in [3.8, 4) is 11.5 Å². The van der Waals surface area contributed by atoms with Gasteiger partial charge in [-0.05, 0) is 55.5 Å². The molecule has 0 saturated carbocycles. The number of hydrogen-bond donors (Lipinski definition) is 0. The van der Waals surface area contributed by atoms with Crippen molar-refractivity contribution in [3.63, 3.8) is 0 Å². The first-order valence-corrected chi connectivity index (χ1v) is 10.7. The molecule has 4 rings (SSSR count). The van der Waals surface area contributed by atoms with Crippen LogP contribution in [-0.4, -0.2) is 28.5 Å². The lowest BCUT2D eigenvalue weighted by molar-refractivity contribution is 0.332. The Bertz CT molecular complexity index is 1150. The summed E-state index contributed by atoms with van der Waals surface area (Å²) < 4.78 is 18.3. The van der Waals surface area contributed by atoms with Crippen LogP contribution in [0.25, 0.3) is 10.9 Å². The smallest absolute Gasteiger partial charge is 0.262 e. The van der Waals surface area contributed by atoms with Crippen LogP contribution >= 0.6 is 11.8 Å². The Labute approximate surface area is 178 Å². The normalized spacial score (nSPS) is 11.0. The molecule has 154 valence electrons. The van der Waals surface area contributed by atoms with E-state index in [0.29, 0.717) is 47.3 Å². The summed E-state index contributed by atoms with van der Waals surface area (Å²) in [5, 5.41) is 1.24. The molecule has 0 spiro atoms. The third kappa shape index (κ3) is 4.68. The van der Waals surface area contributed by atoms with Crippen molar-refractivity contribution >= 4 is 22.7 Å².